The molecule has 2 atom stereocenters. The lowest BCUT2D eigenvalue weighted by atomic mass is 10.1. The molecule has 0 aromatic heterocycles. The highest BCUT2D eigenvalue weighted by molar-refractivity contribution is 7.91. The SMILES string of the molecule is Cc1ccccc1N1C(=S)NC2CS(=O)(=O)CC21. The Morgan fingerprint density at radius 2 is 2.06 bits per heavy atom. The summed E-state index contributed by atoms with van der Waals surface area (Å²) in [6.45, 7) is 2.01. The number of aryl methyl sites for hydroxylation is 1. The fraction of sp³-hybridized carbons (Fsp3) is 0.417. The average Bonchev–Trinajstić information content (AvgIpc) is 2.70. The van der Waals surface area contributed by atoms with Crippen molar-refractivity contribution in [1.82, 2.24) is 5.32 Å². The smallest absolute Gasteiger partial charge is 0.174 e. The maximum absolute atomic E-state index is 11.7. The van der Waals surface area contributed by atoms with Gasteiger partial charge in [-0.25, -0.2) is 8.42 Å². The maximum Gasteiger partial charge on any atom is 0.174 e. The molecule has 2 unspecified atom stereocenters. The van der Waals surface area contributed by atoms with Crippen LogP contribution in [-0.4, -0.2) is 37.1 Å². The molecule has 0 bridgehead atoms. The summed E-state index contributed by atoms with van der Waals surface area (Å²) < 4.78 is 23.4. The van der Waals surface area contributed by atoms with Gasteiger partial charge in [-0.15, -0.1) is 0 Å². The molecule has 2 aliphatic heterocycles. The third-order valence-corrected chi connectivity index (χ3v) is 5.59. The molecule has 0 radical (unpaired) electrons. The summed E-state index contributed by atoms with van der Waals surface area (Å²) in [5.41, 5.74) is 2.10. The van der Waals surface area contributed by atoms with Crippen LogP contribution in [0.2, 0.25) is 0 Å². The van der Waals surface area contributed by atoms with Crippen molar-refractivity contribution in [3.63, 3.8) is 0 Å². The number of hydrogen-bond donors (Lipinski definition) is 1. The van der Waals surface area contributed by atoms with Gasteiger partial charge in [0.15, 0.2) is 14.9 Å². The summed E-state index contributed by atoms with van der Waals surface area (Å²) in [4.78, 5) is 1.96. The van der Waals surface area contributed by atoms with E-state index in [9.17, 15) is 8.42 Å². The van der Waals surface area contributed by atoms with Crippen molar-refractivity contribution in [2.45, 2.75) is 19.0 Å². The van der Waals surface area contributed by atoms with Gasteiger partial charge < -0.3 is 10.2 Å². The van der Waals surface area contributed by atoms with Gasteiger partial charge in [-0.2, -0.15) is 0 Å². The zero-order valence-electron chi connectivity index (χ0n) is 9.96. The Labute approximate surface area is 112 Å². The molecular weight excluding hydrogens is 268 g/mol. The van der Waals surface area contributed by atoms with Gasteiger partial charge in [-0.05, 0) is 30.8 Å². The normalized spacial score (nSPS) is 29.2. The van der Waals surface area contributed by atoms with Gasteiger partial charge in [0.05, 0.1) is 23.6 Å². The summed E-state index contributed by atoms with van der Waals surface area (Å²) in [6.07, 6.45) is 0. The number of nitrogens with one attached hydrogen (secondary N) is 1. The highest BCUT2D eigenvalue weighted by atomic mass is 32.2. The number of para-hydroxylation sites is 1. The first kappa shape index (κ1) is 11.9. The summed E-state index contributed by atoms with van der Waals surface area (Å²) >= 11 is 5.33. The van der Waals surface area contributed by atoms with E-state index >= 15 is 0 Å². The first-order valence-electron chi connectivity index (χ1n) is 5.84. The Bertz CT molecular complexity index is 612. The van der Waals surface area contributed by atoms with Gasteiger partial charge in [-0.1, -0.05) is 18.2 Å². The van der Waals surface area contributed by atoms with Gasteiger partial charge >= 0.3 is 0 Å². The van der Waals surface area contributed by atoms with Crippen LogP contribution in [0.3, 0.4) is 0 Å². The lowest BCUT2D eigenvalue weighted by Crippen LogP contribution is -2.37. The molecule has 18 heavy (non-hydrogen) atoms. The van der Waals surface area contributed by atoms with Crippen molar-refractivity contribution in [3.05, 3.63) is 29.8 Å². The molecule has 1 aromatic carbocycles. The molecular formula is C12H14N2O2S2. The second kappa shape index (κ2) is 3.93. The van der Waals surface area contributed by atoms with Crippen LogP contribution >= 0.6 is 12.2 Å². The van der Waals surface area contributed by atoms with E-state index in [0.717, 1.165) is 11.3 Å². The zero-order chi connectivity index (χ0) is 12.9. The van der Waals surface area contributed by atoms with Crippen LogP contribution in [0.5, 0.6) is 0 Å². The quantitative estimate of drug-likeness (QED) is 0.774. The van der Waals surface area contributed by atoms with Crippen LogP contribution in [0.1, 0.15) is 5.56 Å². The summed E-state index contributed by atoms with van der Waals surface area (Å²) in [5, 5.41) is 3.76. The number of anilines is 1. The minimum atomic E-state index is -2.95. The predicted octanol–water partition coefficient (Wildman–Crippen LogP) is 0.855. The van der Waals surface area contributed by atoms with E-state index in [-0.39, 0.29) is 23.6 Å². The van der Waals surface area contributed by atoms with Gasteiger partial charge in [0, 0.05) is 5.69 Å². The molecule has 0 amide bonds. The number of rotatable bonds is 1. The van der Waals surface area contributed by atoms with E-state index in [0.29, 0.717) is 5.11 Å². The molecule has 2 aliphatic rings. The Hall–Kier alpha value is -1.14. The Balaban J connectivity index is 2.02. The molecule has 6 heteroatoms. The molecule has 3 rings (SSSR count). The number of benzene rings is 1. The third-order valence-electron chi connectivity index (χ3n) is 3.56. The van der Waals surface area contributed by atoms with E-state index in [1.165, 1.54) is 0 Å². The highest BCUT2D eigenvalue weighted by Crippen LogP contribution is 2.31. The van der Waals surface area contributed by atoms with Crippen molar-refractivity contribution >= 4 is 32.9 Å². The first-order valence-corrected chi connectivity index (χ1v) is 8.07. The number of fused-ring (bicyclic) bond motifs is 1. The number of sulfone groups is 1. The van der Waals surface area contributed by atoms with Crippen molar-refractivity contribution in [2.75, 3.05) is 16.4 Å². The zero-order valence-corrected chi connectivity index (χ0v) is 11.6. The first-order chi connectivity index (χ1) is 8.48. The lowest BCUT2D eigenvalue weighted by molar-refractivity contribution is 0.600. The average molecular weight is 282 g/mol. The van der Waals surface area contributed by atoms with Gasteiger partial charge in [0.1, 0.15) is 0 Å². The Kier molecular flexibility index (Phi) is 2.60. The molecule has 0 spiro atoms. The van der Waals surface area contributed by atoms with Crippen LogP contribution in [0.25, 0.3) is 0 Å². The molecule has 0 saturated carbocycles. The van der Waals surface area contributed by atoms with Crippen molar-refractivity contribution in [1.29, 1.82) is 0 Å². The highest BCUT2D eigenvalue weighted by Gasteiger charge is 2.47. The van der Waals surface area contributed by atoms with E-state index in [2.05, 4.69) is 5.32 Å². The van der Waals surface area contributed by atoms with Crippen LogP contribution in [-0.2, 0) is 9.84 Å². The topological polar surface area (TPSA) is 49.4 Å². The second-order valence-corrected chi connectivity index (χ2v) is 7.40. The van der Waals surface area contributed by atoms with E-state index in [1.807, 2.05) is 36.1 Å². The molecule has 1 N–H and O–H groups in total. The van der Waals surface area contributed by atoms with Crippen molar-refractivity contribution in [3.8, 4) is 0 Å². The van der Waals surface area contributed by atoms with Crippen molar-refractivity contribution in [2.24, 2.45) is 0 Å². The monoisotopic (exact) mass is 282 g/mol. The van der Waals surface area contributed by atoms with Gasteiger partial charge in [-0.3, -0.25) is 0 Å². The Morgan fingerprint density at radius 3 is 2.78 bits per heavy atom. The number of nitrogens with zero attached hydrogens (tertiary/aromatic N) is 1. The van der Waals surface area contributed by atoms with E-state index in [4.69, 9.17) is 12.2 Å². The van der Waals surface area contributed by atoms with E-state index in [1.54, 1.807) is 0 Å². The van der Waals surface area contributed by atoms with Gasteiger partial charge in [0.2, 0.25) is 0 Å². The second-order valence-electron chi connectivity index (χ2n) is 4.86. The molecule has 2 saturated heterocycles. The number of hydrogen-bond acceptors (Lipinski definition) is 3. The van der Waals surface area contributed by atoms with Gasteiger partial charge in [0.25, 0.3) is 0 Å². The fourth-order valence-corrected chi connectivity index (χ4v) is 5.00. The van der Waals surface area contributed by atoms with Crippen LogP contribution in [0.4, 0.5) is 5.69 Å². The number of thiocarbonyl (C=S) groups is 1. The maximum atomic E-state index is 11.7. The molecule has 4 nitrogen and oxygen atoms in total. The van der Waals surface area contributed by atoms with Crippen LogP contribution in [0.15, 0.2) is 24.3 Å². The molecule has 0 aliphatic carbocycles. The van der Waals surface area contributed by atoms with E-state index < -0.39 is 9.84 Å². The lowest BCUT2D eigenvalue weighted by Gasteiger charge is -2.24. The van der Waals surface area contributed by atoms with Crippen molar-refractivity contribution < 1.29 is 8.42 Å². The van der Waals surface area contributed by atoms with Crippen LogP contribution in [0, 0.1) is 6.92 Å². The largest absolute Gasteiger partial charge is 0.356 e. The molecule has 2 fully saturated rings. The molecule has 2 heterocycles. The summed E-state index contributed by atoms with van der Waals surface area (Å²) in [6, 6.07) is 7.77. The summed E-state index contributed by atoms with van der Waals surface area (Å²) in [7, 11) is -2.95. The predicted molar refractivity (Wildman–Crippen MR) is 75.6 cm³/mol. The Morgan fingerprint density at radius 1 is 1.33 bits per heavy atom. The molecule has 1 aromatic rings. The van der Waals surface area contributed by atoms with Crippen LogP contribution < -0.4 is 10.2 Å². The third kappa shape index (κ3) is 1.80. The minimum absolute atomic E-state index is 0.0661. The summed E-state index contributed by atoms with van der Waals surface area (Å²) in [5.74, 6) is 0.360. The molecule has 96 valence electrons. The standard InChI is InChI=1S/C12H14N2O2S2/c1-8-4-2-3-5-10(8)14-11-7-18(15,16)6-9(11)13-12(14)17/h2-5,9,11H,6-7H2,1H3,(H,13,17). The fourth-order valence-electron chi connectivity index (χ4n) is 2.72. The minimum Gasteiger partial charge on any atom is -0.356 e.